The summed E-state index contributed by atoms with van der Waals surface area (Å²) in [5.41, 5.74) is 2.14. The van der Waals surface area contributed by atoms with Gasteiger partial charge in [-0.1, -0.05) is 51.4 Å². The predicted octanol–water partition coefficient (Wildman–Crippen LogP) is 4.45. The largest absolute Gasteiger partial charge is 0.383 e. The van der Waals surface area contributed by atoms with Crippen LogP contribution < -0.4 is 10.7 Å². The van der Waals surface area contributed by atoms with Crippen LogP contribution in [0.5, 0.6) is 0 Å². The van der Waals surface area contributed by atoms with Crippen LogP contribution in [0.3, 0.4) is 0 Å². The van der Waals surface area contributed by atoms with Crippen molar-refractivity contribution in [2.24, 2.45) is 5.92 Å². The maximum absolute atomic E-state index is 13.7. The van der Waals surface area contributed by atoms with Crippen molar-refractivity contribution < 1.29 is 9.53 Å². The summed E-state index contributed by atoms with van der Waals surface area (Å²) in [5.74, 6) is 0.380. The smallest absolute Gasteiger partial charge is 0.257 e. The van der Waals surface area contributed by atoms with E-state index in [4.69, 9.17) is 4.74 Å². The van der Waals surface area contributed by atoms with Gasteiger partial charge in [-0.3, -0.25) is 14.5 Å². The highest BCUT2D eigenvalue weighted by atomic mass is 16.5. The number of aryl methyl sites for hydroxylation is 1. The zero-order valence-electron chi connectivity index (χ0n) is 21.5. The molecule has 0 spiro atoms. The first-order chi connectivity index (χ1) is 16.5. The Labute approximate surface area is 205 Å². The van der Waals surface area contributed by atoms with Crippen LogP contribution in [0.2, 0.25) is 0 Å². The van der Waals surface area contributed by atoms with E-state index in [-0.39, 0.29) is 16.9 Å². The second-order valence-corrected chi connectivity index (χ2v) is 11.0. The molecule has 3 fully saturated rings. The van der Waals surface area contributed by atoms with E-state index >= 15 is 0 Å². The third-order valence-corrected chi connectivity index (χ3v) is 8.72. The Kier molecular flexibility index (Phi) is 8.86. The van der Waals surface area contributed by atoms with Gasteiger partial charge >= 0.3 is 0 Å². The monoisotopic (exact) mass is 471 g/mol. The molecule has 1 aromatic heterocycles. The van der Waals surface area contributed by atoms with Crippen molar-refractivity contribution in [3.8, 4) is 0 Å². The lowest BCUT2D eigenvalue weighted by Gasteiger charge is -2.48. The molecule has 6 nitrogen and oxygen atoms in total. The van der Waals surface area contributed by atoms with E-state index in [0.717, 1.165) is 43.7 Å². The number of pyridine rings is 1. The van der Waals surface area contributed by atoms with E-state index < -0.39 is 0 Å². The number of amides is 1. The van der Waals surface area contributed by atoms with Crippen LogP contribution in [0.15, 0.2) is 10.9 Å². The number of carbonyl (C=O) groups excluding carboxylic acids is 1. The third-order valence-electron chi connectivity index (χ3n) is 8.72. The number of rotatable bonds is 9. The molecule has 1 saturated heterocycles. The quantitative estimate of drug-likeness (QED) is 0.578. The number of likely N-dealkylation sites (tertiary alicyclic amines) is 1. The van der Waals surface area contributed by atoms with Crippen molar-refractivity contribution in [1.82, 2.24) is 14.8 Å². The Bertz CT molecular complexity index is 876. The Morgan fingerprint density at radius 2 is 1.74 bits per heavy atom. The van der Waals surface area contributed by atoms with Crippen LogP contribution in [0.1, 0.15) is 98.8 Å². The lowest BCUT2D eigenvalue weighted by atomic mass is 9.79. The molecule has 1 aromatic rings. The van der Waals surface area contributed by atoms with Gasteiger partial charge in [0, 0.05) is 43.2 Å². The molecule has 2 aliphatic carbocycles. The number of aromatic nitrogens is 1. The summed E-state index contributed by atoms with van der Waals surface area (Å²) >= 11 is 0. The maximum atomic E-state index is 13.7. The molecule has 2 heterocycles. The first kappa shape index (κ1) is 25.4. The summed E-state index contributed by atoms with van der Waals surface area (Å²) in [7, 11) is 1.70. The first-order valence-corrected chi connectivity index (χ1v) is 13.8. The molecule has 2 saturated carbocycles. The molecular formula is C28H45N3O3. The molecule has 190 valence electrons. The van der Waals surface area contributed by atoms with Gasteiger partial charge in [-0.2, -0.15) is 0 Å². The van der Waals surface area contributed by atoms with Crippen molar-refractivity contribution in [2.75, 3.05) is 33.4 Å². The highest BCUT2D eigenvalue weighted by molar-refractivity contribution is 5.95. The molecule has 0 atom stereocenters. The van der Waals surface area contributed by atoms with Crippen LogP contribution in [0, 0.1) is 12.8 Å². The topological polar surface area (TPSA) is 63.6 Å². The second kappa shape index (κ2) is 11.9. The average Bonchev–Trinajstić information content (AvgIpc) is 3.37. The van der Waals surface area contributed by atoms with E-state index in [0.29, 0.717) is 31.2 Å². The minimum Gasteiger partial charge on any atom is -0.383 e. The summed E-state index contributed by atoms with van der Waals surface area (Å²) in [4.78, 5) is 29.6. The standard InChI is InChI=1S/C28H45N3O3/c1-22-19-25(32)26(24(31(22)17-18-34-2)20-23-11-5-6-12-23)27(33)29-21-28(13-7-3-8-14-28)30-15-9-4-10-16-30/h19,23H,3-18,20-21H2,1-2H3,(H,29,33). The highest BCUT2D eigenvalue weighted by Gasteiger charge is 2.39. The van der Waals surface area contributed by atoms with Gasteiger partial charge in [0.05, 0.1) is 6.61 Å². The normalized spacial score (nSPS) is 21.6. The van der Waals surface area contributed by atoms with Crippen molar-refractivity contribution in [2.45, 2.75) is 102 Å². The third kappa shape index (κ3) is 5.76. The molecule has 0 radical (unpaired) electrons. The van der Waals surface area contributed by atoms with Crippen LogP contribution >= 0.6 is 0 Å². The highest BCUT2D eigenvalue weighted by Crippen LogP contribution is 2.35. The first-order valence-electron chi connectivity index (χ1n) is 13.8. The number of hydrogen-bond acceptors (Lipinski definition) is 4. The Balaban J connectivity index is 1.60. The minimum atomic E-state index is -0.175. The lowest BCUT2D eigenvalue weighted by molar-refractivity contribution is 0.0326. The molecule has 4 rings (SSSR count). The number of ether oxygens (including phenoxy) is 1. The lowest BCUT2D eigenvalue weighted by Crippen LogP contribution is -2.58. The Morgan fingerprint density at radius 1 is 1.06 bits per heavy atom. The SMILES string of the molecule is COCCn1c(C)cc(=O)c(C(=O)NCC2(N3CCCCC3)CCCCC2)c1CC1CCCC1. The average molecular weight is 472 g/mol. The molecule has 34 heavy (non-hydrogen) atoms. The predicted molar refractivity (Wildman–Crippen MR) is 137 cm³/mol. The molecule has 1 amide bonds. The van der Waals surface area contributed by atoms with Crippen LogP contribution in [0.25, 0.3) is 0 Å². The Hall–Kier alpha value is -1.66. The molecule has 0 aromatic carbocycles. The minimum absolute atomic E-state index is 0.0553. The summed E-state index contributed by atoms with van der Waals surface area (Å²) in [6.45, 7) is 6.14. The second-order valence-electron chi connectivity index (χ2n) is 11.0. The van der Waals surface area contributed by atoms with Gasteiger partial charge in [-0.15, -0.1) is 0 Å². The molecule has 1 N–H and O–H groups in total. The summed E-state index contributed by atoms with van der Waals surface area (Å²) in [6, 6.07) is 1.64. The van der Waals surface area contributed by atoms with Gasteiger partial charge in [0.1, 0.15) is 5.56 Å². The zero-order chi connectivity index (χ0) is 24.0. The van der Waals surface area contributed by atoms with Crippen LogP contribution in [0.4, 0.5) is 0 Å². The number of nitrogens with one attached hydrogen (secondary N) is 1. The van der Waals surface area contributed by atoms with Gasteiger partial charge < -0.3 is 14.6 Å². The summed E-state index contributed by atoms with van der Waals surface area (Å²) < 4.78 is 7.52. The van der Waals surface area contributed by atoms with Crippen molar-refractivity contribution >= 4 is 5.91 Å². The summed E-state index contributed by atoms with van der Waals surface area (Å²) in [6.07, 6.45) is 15.5. The fourth-order valence-electron chi connectivity index (χ4n) is 6.78. The van der Waals surface area contributed by atoms with E-state index in [1.807, 2.05) is 6.92 Å². The molecule has 0 bridgehead atoms. The fourth-order valence-corrected chi connectivity index (χ4v) is 6.78. The fraction of sp³-hybridized carbons (Fsp3) is 0.786. The van der Waals surface area contributed by atoms with E-state index in [2.05, 4.69) is 14.8 Å². The van der Waals surface area contributed by atoms with E-state index in [1.54, 1.807) is 13.2 Å². The van der Waals surface area contributed by atoms with E-state index in [9.17, 15) is 9.59 Å². The molecule has 0 unspecified atom stereocenters. The van der Waals surface area contributed by atoms with Crippen molar-refractivity contribution in [3.63, 3.8) is 0 Å². The van der Waals surface area contributed by atoms with Crippen molar-refractivity contribution in [1.29, 1.82) is 0 Å². The molecule has 3 aliphatic rings. The van der Waals surface area contributed by atoms with Gasteiger partial charge in [-0.25, -0.2) is 0 Å². The molecule has 1 aliphatic heterocycles. The molecular weight excluding hydrogens is 426 g/mol. The van der Waals surface area contributed by atoms with Crippen molar-refractivity contribution in [3.05, 3.63) is 33.2 Å². The number of methoxy groups -OCH3 is 1. The van der Waals surface area contributed by atoms with E-state index in [1.165, 1.54) is 64.2 Å². The number of hydrogen-bond donors (Lipinski definition) is 1. The van der Waals surface area contributed by atoms with Gasteiger partial charge in [0.15, 0.2) is 5.43 Å². The van der Waals surface area contributed by atoms with Crippen LogP contribution in [-0.2, 0) is 17.7 Å². The van der Waals surface area contributed by atoms with Crippen LogP contribution in [-0.4, -0.2) is 54.3 Å². The van der Waals surface area contributed by atoms with Gasteiger partial charge in [0.25, 0.3) is 5.91 Å². The zero-order valence-corrected chi connectivity index (χ0v) is 21.5. The van der Waals surface area contributed by atoms with Gasteiger partial charge in [-0.05, 0) is 58.0 Å². The number of nitrogens with zero attached hydrogens (tertiary/aromatic N) is 2. The number of piperidine rings is 1. The summed E-state index contributed by atoms with van der Waals surface area (Å²) in [5, 5.41) is 3.29. The number of carbonyl (C=O) groups is 1. The Morgan fingerprint density at radius 3 is 2.41 bits per heavy atom. The maximum Gasteiger partial charge on any atom is 0.257 e. The van der Waals surface area contributed by atoms with Gasteiger partial charge in [0.2, 0.25) is 0 Å². The molecule has 6 heteroatoms.